The summed E-state index contributed by atoms with van der Waals surface area (Å²) < 4.78 is 16.1. The van der Waals surface area contributed by atoms with Gasteiger partial charge in [0.1, 0.15) is 16.9 Å². The molecule has 2 aromatic rings. The maximum absolute atomic E-state index is 12.3. The highest BCUT2D eigenvalue weighted by Gasteiger charge is 2.20. The summed E-state index contributed by atoms with van der Waals surface area (Å²) in [6, 6.07) is 9.32. The molecule has 1 aromatic heterocycles. The van der Waals surface area contributed by atoms with Crippen LogP contribution in [0.5, 0.6) is 11.6 Å². The van der Waals surface area contributed by atoms with Crippen LogP contribution in [0.3, 0.4) is 0 Å². The third-order valence-electron chi connectivity index (χ3n) is 4.07. The fourth-order valence-corrected chi connectivity index (χ4v) is 2.86. The second kappa shape index (κ2) is 8.87. The van der Waals surface area contributed by atoms with Crippen molar-refractivity contribution in [3.8, 4) is 11.6 Å². The molecular weight excluding hydrogens is 356 g/mol. The zero-order valence-electron chi connectivity index (χ0n) is 14.5. The first-order valence-corrected chi connectivity index (χ1v) is 8.84. The highest BCUT2D eigenvalue weighted by molar-refractivity contribution is 6.32. The fourth-order valence-electron chi connectivity index (χ4n) is 2.65. The predicted molar refractivity (Wildman–Crippen MR) is 98.1 cm³/mol. The van der Waals surface area contributed by atoms with Crippen LogP contribution in [-0.2, 0) is 11.2 Å². The van der Waals surface area contributed by atoms with Crippen molar-refractivity contribution in [2.75, 3.05) is 26.9 Å². The molecule has 0 saturated carbocycles. The van der Waals surface area contributed by atoms with Crippen LogP contribution >= 0.6 is 11.6 Å². The van der Waals surface area contributed by atoms with E-state index in [1.807, 2.05) is 24.3 Å². The van der Waals surface area contributed by atoms with E-state index in [4.69, 9.17) is 25.8 Å². The molecule has 1 aliphatic heterocycles. The lowest BCUT2D eigenvalue weighted by Crippen LogP contribution is -2.26. The number of nitrogens with one attached hydrogen (secondary N) is 1. The SMILES string of the molecule is COc1cccc(CCNC(=O)c2cnc(OC3CCOC3)c(Cl)c2)c1. The van der Waals surface area contributed by atoms with Gasteiger partial charge in [-0.25, -0.2) is 4.98 Å². The number of ether oxygens (including phenoxy) is 3. The smallest absolute Gasteiger partial charge is 0.252 e. The maximum Gasteiger partial charge on any atom is 0.252 e. The van der Waals surface area contributed by atoms with E-state index < -0.39 is 0 Å². The Morgan fingerprint density at radius 2 is 2.31 bits per heavy atom. The summed E-state index contributed by atoms with van der Waals surface area (Å²) in [5, 5.41) is 3.18. The van der Waals surface area contributed by atoms with Gasteiger partial charge in [0.15, 0.2) is 0 Å². The highest BCUT2D eigenvalue weighted by Crippen LogP contribution is 2.25. The van der Waals surface area contributed by atoms with Gasteiger partial charge in [0.2, 0.25) is 5.88 Å². The van der Waals surface area contributed by atoms with Crippen molar-refractivity contribution < 1.29 is 19.0 Å². The van der Waals surface area contributed by atoms with E-state index in [1.54, 1.807) is 13.2 Å². The number of nitrogens with zero attached hydrogens (tertiary/aromatic N) is 1. The van der Waals surface area contributed by atoms with Gasteiger partial charge in [-0.2, -0.15) is 0 Å². The normalized spacial score (nSPS) is 16.3. The number of halogens is 1. The minimum atomic E-state index is -0.224. The molecule has 0 aliphatic carbocycles. The first-order chi connectivity index (χ1) is 12.7. The van der Waals surface area contributed by atoms with Crippen molar-refractivity contribution in [1.82, 2.24) is 10.3 Å². The third-order valence-corrected chi connectivity index (χ3v) is 4.34. The van der Waals surface area contributed by atoms with Crippen LogP contribution in [0.4, 0.5) is 0 Å². The molecule has 1 unspecified atom stereocenters. The fraction of sp³-hybridized carbons (Fsp3) is 0.368. The molecule has 1 atom stereocenters. The van der Waals surface area contributed by atoms with E-state index in [9.17, 15) is 4.79 Å². The molecule has 1 aliphatic rings. The Balaban J connectivity index is 1.53. The van der Waals surface area contributed by atoms with Gasteiger partial charge < -0.3 is 19.5 Å². The topological polar surface area (TPSA) is 69.7 Å². The van der Waals surface area contributed by atoms with Crippen molar-refractivity contribution in [3.05, 3.63) is 52.7 Å². The molecule has 1 amide bonds. The Hall–Kier alpha value is -2.31. The summed E-state index contributed by atoms with van der Waals surface area (Å²) in [7, 11) is 1.63. The van der Waals surface area contributed by atoms with Gasteiger partial charge in [-0.15, -0.1) is 0 Å². The second-order valence-electron chi connectivity index (χ2n) is 5.97. The number of carbonyl (C=O) groups is 1. The second-order valence-corrected chi connectivity index (χ2v) is 6.38. The standard InChI is InChI=1S/C19H21ClN2O4/c1-24-15-4-2-3-13(9-15)5-7-21-18(23)14-10-17(20)19(22-11-14)26-16-6-8-25-12-16/h2-4,9-11,16H,5-8,12H2,1H3,(H,21,23). The Bertz CT molecular complexity index is 763. The molecule has 1 saturated heterocycles. The summed E-state index contributed by atoms with van der Waals surface area (Å²) in [6.45, 7) is 1.71. The van der Waals surface area contributed by atoms with Crippen LogP contribution < -0.4 is 14.8 Å². The van der Waals surface area contributed by atoms with E-state index in [-0.39, 0.29) is 12.0 Å². The van der Waals surface area contributed by atoms with Gasteiger partial charge in [0.05, 0.1) is 25.9 Å². The Labute approximate surface area is 157 Å². The minimum Gasteiger partial charge on any atom is -0.497 e. The number of hydrogen-bond donors (Lipinski definition) is 1. The van der Waals surface area contributed by atoms with Gasteiger partial charge in [0, 0.05) is 19.2 Å². The zero-order chi connectivity index (χ0) is 18.4. The highest BCUT2D eigenvalue weighted by atomic mass is 35.5. The Morgan fingerprint density at radius 1 is 1.42 bits per heavy atom. The summed E-state index contributed by atoms with van der Waals surface area (Å²) in [6.07, 6.45) is 2.94. The van der Waals surface area contributed by atoms with E-state index in [0.717, 1.165) is 17.7 Å². The molecule has 6 nitrogen and oxygen atoms in total. The molecule has 1 fully saturated rings. The number of carbonyl (C=O) groups excluding carboxylic acids is 1. The Morgan fingerprint density at radius 3 is 3.04 bits per heavy atom. The van der Waals surface area contributed by atoms with Crippen molar-refractivity contribution >= 4 is 17.5 Å². The quantitative estimate of drug-likeness (QED) is 0.804. The van der Waals surface area contributed by atoms with Crippen LogP contribution in [0.25, 0.3) is 0 Å². The first-order valence-electron chi connectivity index (χ1n) is 8.47. The molecular formula is C19H21ClN2O4. The van der Waals surface area contributed by atoms with Crippen molar-refractivity contribution in [2.45, 2.75) is 18.9 Å². The van der Waals surface area contributed by atoms with Crippen LogP contribution in [0, 0.1) is 0 Å². The molecule has 0 spiro atoms. The molecule has 0 bridgehead atoms. The average Bonchev–Trinajstić information content (AvgIpc) is 3.16. The van der Waals surface area contributed by atoms with E-state index >= 15 is 0 Å². The van der Waals surface area contributed by atoms with Crippen molar-refractivity contribution in [1.29, 1.82) is 0 Å². The zero-order valence-corrected chi connectivity index (χ0v) is 15.3. The predicted octanol–water partition coefficient (Wildman–Crippen LogP) is 2.88. The molecule has 1 aromatic carbocycles. The van der Waals surface area contributed by atoms with E-state index in [1.165, 1.54) is 6.20 Å². The average molecular weight is 377 g/mol. The monoisotopic (exact) mass is 376 g/mol. The number of aromatic nitrogens is 1. The molecule has 3 rings (SSSR count). The third kappa shape index (κ3) is 4.86. The lowest BCUT2D eigenvalue weighted by molar-refractivity contribution is 0.0953. The lowest BCUT2D eigenvalue weighted by Gasteiger charge is -2.12. The van der Waals surface area contributed by atoms with Gasteiger partial charge in [-0.05, 0) is 30.2 Å². The first kappa shape index (κ1) is 18.5. The minimum absolute atomic E-state index is 0.0393. The molecule has 1 N–H and O–H groups in total. The van der Waals surface area contributed by atoms with Gasteiger partial charge in [0.25, 0.3) is 5.91 Å². The van der Waals surface area contributed by atoms with Gasteiger partial charge in [-0.3, -0.25) is 4.79 Å². The number of hydrogen-bond acceptors (Lipinski definition) is 5. The summed E-state index contributed by atoms with van der Waals surface area (Å²) in [4.78, 5) is 16.4. The summed E-state index contributed by atoms with van der Waals surface area (Å²) in [5.74, 6) is 0.904. The van der Waals surface area contributed by atoms with E-state index in [2.05, 4.69) is 10.3 Å². The Kier molecular flexibility index (Phi) is 6.30. The molecule has 0 radical (unpaired) electrons. The van der Waals surface area contributed by atoms with Crippen LogP contribution in [0.15, 0.2) is 36.5 Å². The number of amides is 1. The number of pyridine rings is 1. The molecule has 138 valence electrons. The van der Waals surface area contributed by atoms with Gasteiger partial charge >= 0.3 is 0 Å². The summed E-state index contributed by atoms with van der Waals surface area (Å²) >= 11 is 6.19. The largest absolute Gasteiger partial charge is 0.497 e. The van der Waals surface area contributed by atoms with Crippen LogP contribution in [0.2, 0.25) is 5.02 Å². The maximum atomic E-state index is 12.3. The van der Waals surface area contributed by atoms with Gasteiger partial charge in [-0.1, -0.05) is 23.7 Å². The van der Waals surface area contributed by atoms with E-state index in [0.29, 0.717) is 42.6 Å². The van der Waals surface area contributed by atoms with Crippen molar-refractivity contribution in [2.24, 2.45) is 0 Å². The number of benzene rings is 1. The lowest BCUT2D eigenvalue weighted by atomic mass is 10.1. The van der Waals surface area contributed by atoms with Crippen molar-refractivity contribution in [3.63, 3.8) is 0 Å². The van der Waals surface area contributed by atoms with Crippen LogP contribution in [0.1, 0.15) is 22.3 Å². The number of methoxy groups -OCH3 is 1. The summed E-state index contributed by atoms with van der Waals surface area (Å²) in [5.41, 5.74) is 1.49. The molecule has 2 heterocycles. The van der Waals surface area contributed by atoms with Crippen LogP contribution in [-0.4, -0.2) is 43.9 Å². The molecule has 7 heteroatoms. The number of rotatable bonds is 7. The molecule has 26 heavy (non-hydrogen) atoms.